The number of rotatable bonds is 70. The second-order valence-corrected chi connectivity index (χ2v) is 25.5. The second kappa shape index (κ2) is 68.3. The van der Waals surface area contributed by atoms with Crippen LogP contribution in [0, 0.1) is 0 Å². The van der Waals surface area contributed by atoms with Gasteiger partial charge in [0.1, 0.15) is 0 Å². The van der Waals surface area contributed by atoms with Crippen LogP contribution in [0.3, 0.4) is 0 Å². The summed E-state index contributed by atoms with van der Waals surface area (Å²) >= 11 is 0. The van der Waals surface area contributed by atoms with Gasteiger partial charge in [0.25, 0.3) is 0 Å². The third kappa shape index (κ3) is 71.6. The Morgan fingerprint density at radius 1 is 0.145 bits per heavy atom. The first-order valence-corrected chi connectivity index (χ1v) is 36.6. The molecule has 10 heteroatoms. The Hall–Kier alpha value is -2.78. The quantitative estimate of drug-likeness (QED) is 0.0341. The van der Waals surface area contributed by atoms with Gasteiger partial charge >= 0.3 is 35.8 Å². The van der Waals surface area contributed by atoms with E-state index in [9.17, 15) is 28.8 Å². The van der Waals surface area contributed by atoms with E-state index in [4.69, 9.17) is 19.7 Å². The molecular formula is C73H136O10. The molecule has 0 spiro atoms. The molecule has 10 nitrogen and oxygen atoms in total. The average molecular weight is 1170 g/mol. The van der Waals surface area contributed by atoms with Gasteiger partial charge in [-0.2, -0.15) is 0 Å². The predicted molar refractivity (Wildman–Crippen MR) is 347 cm³/mol. The molecule has 0 amide bonds. The minimum atomic E-state index is -0.671. The number of hydrogen-bond acceptors (Lipinski definition) is 8. The summed E-state index contributed by atoms with van der Waals surface area (Å²) in [4.78, 5) is 69.6. The van der Waals surface area contributed by atoms with Gasteiger partial charge in [0.05, 0.1) is 0 Å². The third-order valence-corrected chi connectivity index (χ3v) is 17.3. The Kier molecular flexibility index (Phi) is 66.0. The minimum Gasteiger partial charge on any atom is -0.481 e. The molecule has 0 rings (SSSR count). The van der Waals surface area contributed by atoms with Crippen LogP contribution in [0.2, 0.25) is 0 Å². The minimum absolute atomic E-state index is 0.319. The lowest BCUT2D eigenvalue weighted by Gasteiger charge is -2.05. The van der Waals surface area contributed by atoms with Crippen LogP contribution in [0.15, 0.2) is 0 Å². The van der Waals surface area contributed by atoms with Gasteiger partial charge in [0.15, 0.2) is 0 Å². The van der Waals surface area contributed by atoms with Gasteiger partial charge in [-0.05, 0) is 38.5 Å². The van der Waals surface area contributed by atoms with Crippen LogP contribution in [0.4, 0.5) is 0 Å². The van der Waals surface area contributed by atoms with E-state index in [1.54, 1.807) is 0 Å². The Labute approximate surface area is 512 Å². The largest absolute Gasteiger partial charge is 0.481 e. The van der Waals surface area contributed by atoms with Crippen LogP contribution < -0.4 is 0 Å². The number of hydrogen-bond donors (Lipinski definition) is 2. The summed E-state index contributed by atoms with van der Waals surface area (Å²) in [5.74, 6) is -2.74. The van der Waals surface area contributed by atoms with Crippen molar-refractivity contribution < 1.29 is 48.5 Å². The number of aliphatic carboxylic acids is 2. The number of carbonyl (C=O) groups excluding carboxylic acids is 4. The number of carboxylic acids is 2. The summed E-state index contributed by atoms with van der Waals surface area (Å²) in [5.41, 5.74) is 0. The highest BCUT2D eigenvalue weighted by Gasteiger charge is 2.12. The van der Waals surface area contributed by atoms with Crippen LogP contribution in [0.5, 0.6) is 0 Å². The van der Waals surface area contributed by atoms with Crippen LogP contribution in [-0.4, -0.2) is 46.0 Å². The molecule has 2 N–H and O–H groups in total. The van der Waals surface area contributed by atoms with Crippen molar-refractivity contribution in [2.45, 2.75) is 430 Å². The third-order valence-electron chi connectivity index (χ3n) is 17.3. The fourth-order valence-corrected chi connectivity index (χ4v) is 11.8. The molecule has 0 fully saturated rings. The van der Waals surface area contributed by atoms with E-state index in [1.807, 2.05) is 0 Å². The van der Waals surface area contributed by atoms with Crippen molar-refractivity contribution >= 4 is 35.8 Å². The molecule has 0 aliphatic heterocycles. The van der Waals surface area contributed by atoms with Crippen molar-refractivity contribution in [3.63, 3.8) is 0 Å². The summed E-state index contributed by atoms with van der Waals surface area (Å²) in [7, 11) is 0. The van der Waals surface area contributed by atoms with Crippen molar-refractivity contribution in [2.24, 2.45) is 0 Å². The molecule has 0 unspecified atom stereocenters. The monoisotopic (exact) mass is 1170 g/mol. The molecule has 0 saturated carbocycles. The maximum absolute atomic E-state index is 12.1. The standard InChI is InChI=1S/C73H136O10/c74-68(75)62-56-50-44-38-32-26-20-14-8-4-6-12-18-24-30-36-42-48-54-60-66-72(80)82-70(78)64-58-52-46-40-34-28-22-16-10-2-1-3-11-17-23-29-35-41-47-53-59-65-71(79)83-73(81)67-61-55-49-43-37-31-25-19-13-7-5-9-15-21-27-33-39-45-51-57-63-69(76)77/h1-67H2,(H,74,75)(H,76,77). The highest BCUT2D eigenvalue weighted by molar-refractivity contribution is 5.85. The summed E-state index contributed by atoms with van der Waals surface area (Å²) in [6.07, 6.45) is 77.1. The van der Waals surface area contributed by atoms with E-state index in [2.05, 4.69) is 0 Å². The van der Waals surface area contributed by atoms with Crippen LogP contribution in [-0.2, 0) is 38.2 Å². The maximum Gasteiger partial charge on any atom is 0.313 e. The van der Waals surface area contributed by atoms with Gasteiger partial charge in [0.2, 0.25) is 0 Å². The number of carboxylic acid groups (broad SMARTS) is 2. The highest BCUT2D eigenvalue weighted by Crippen LogP contribution is 2.20. The Morgan fingerprint density at radius 3 is 0.325 bits per heavy atom. The fraction of sp³-hybridized carbons (Fsp3) is 0.918. The van der Waals surface area contributed by atoms with Crippen molar-refractivity contribution in [3.8, 4) is 0 Å². The molecular weight excluding hydrogens is 1040 g/mol. The fourth-order valence-electron chi connectivity index (χ4n) is 11.8. The lowest BCUT2D eigenvalue weighted by atomic mass is 10.0. The van der Waals surface area contributed by atoms with Gasteiger partial charge in [-0.15, -0.1) is 0 Å². The summed E-state index contributed by atoms with van der Waals surface area (Å²) in [6, 6.07) is 0. The van der Waals surface area contributed by atoms with Crippen molar-refractivity contribution in [1.82, 2.24) is 0 Å². The molecule has 0 radical (unpaired) electrons. The van der Waals surface area contributed by atoms with E-state index >= 15 is 0 Å². The van der Waals surface area contributed by atoms with E-state index in [0.29, 0.717) is 38.5 Å². The summed E-state index contributed by atoms with van der Waals surface area (Å²) in [5, 5.41) is 17.4. The zero-order chi connectivity index (χ0) is 60.3. The topological polar surface area (TPSA) is 161 Å². The molecule has 83 heavy (non-hydrogen) atoms. The first-order valence-electron chi connectivity index (χ1n) is 36.6. The molecule has 0 aliphatic carbocycles. The highest BCUT2D eigenvalue weighted by atomic mass is 16.6. The Bertz CT molecular complexity index is 1330. The number of esters is 4. The predicted octanol–water partition coefficient (Wildman–Crippen LogP) is 23.4. The van der Waals surface area contributed by atoms with Crippen LogP contribution >= 0.6 is 0 Å². The van der Waals surface area contributed by atoms with Gasteiger partial charge in [0, 0.05) is 38.5 Å². The van der Waals surface area contributed by atoms with Gasteiger partial charge in [-0.25, -0.2) is 0 Å². The van der Waals surface area contributed by atoms with Gasteiger partial charge in [-0.3, -0.25) is 28.8 Å². The first-order chi connectivity index (χ1) is 40.7. The molecule has 0 aromatic rings. The SMILES string of the molecule is O=C(O)CCCCCCCCCCCCCCCCCCCCCCC(=O)OC(=O)CCCCCCCCCCCCCCCCCCCCCCCC(=O)OC(=O)CCCCCCCCCCCCCCCCCCCCCCC(=O)O. The lowest BCUT2D eigenvalue weighted by Crippen LogP contribution is -2.11. The summed E-state index contributed by atoms with van der Waals surface area (Å²) in [6.45, 7) is 0. The number of ether oxygens (including phenoxy) is 2. The van der Waals surface area contributed by atoms with E-state index < -0.39 is 11.9 Å². The Balaban J connectivity index is 3.30. The van der Waals surface area contributed by atoms with Crippen molar-refractivity contribution in [1.29, 1.82) is 0 Å². The lowest BCUT2D eigenvalue weighted by molar-refractivity contribution is -0.161. The average Bonchev–Trinajstić information content (AvgIpc) is 3.45. The zero-order valence-electron chi connectivity index (χ0n) is 54.5. The van der Waals surface area contributed by atoms with E-state index in [0.717, 1.165) is 103 Å². The van der Waals surface area contributed by atoms with Gasteiger partial charge in [-0.1, -0.05) is 353 Å². The molecule has 0 heterocycles. The Morgan fingerprint density at radius 2 is 0.229 bits per heavy atom. The zero-order valence-corrected chi connectivity index (χ0v) is 54.5. The first kappa shape index (κ1) is 80.2. The van der Waals surface area contributed by atoms with E-state index in [1.165, 1.54) is 289 Å². The smallest absolute Gasteiger partial charge is 0.313 e. The molecule has 0 aliphatic rings. The maximum atomic E-state index is 12.1. The summed E-state index contributed by atoms with van der Waals surface area (Å²) < 4.78 is 10.2. The second-order valence-electron chi connectivity index (χ2n) is 25.5. The number of unbranched alkanes of at least 4 members (excludes halogenated alkanes) is 58. The van der Waals surface area contributed by atoms with Crippen LogP contribution in [0.25, 0.3) is 0 Å². The molecule has 0 saturated heterocycles. The molecule has 0 aromatic carbocycles. The molecule has 0 atom stereocenters. The van der Waals surface area contributed by atoms with Crippen molar-refractivity contribution in [2.75, 3.05) is 0 Å². The molecule has 0 bridgehead atoms. The van der Waals surface area contributed by atoms with Crippen molar-refractivity contribution in [3.05, 3.63) is 0 Å². The number of carbonyl (C=O) groups is 6. The normalized spacial score (nSPS) is 11.4. The van der Waals surface area contributed by atoms with E-state index in [-0.39, 0.29) is 23.9 Å². The van der Waals surface area contributed by atoms with Crippen LogP contribution in [0.1, 0.15) is 430 Å². The molecule has 488 valence electrons. The van der Waals surface area contributed by atoms with Gasteiger partial charge < -0.3 is 19.7 Å². The molecule has 0 aromatic heterocycles.